The highest BCUT2D eigenvalue weighted by Gasteiger charge is 2.10. The maximum Gasteiger partial charge on any atom is 0.250 e. The van der Waals surface area contributed by atoms with E-state index in [9.17, 15) is 4.79 Å². The summed E-state index contributed by atoms with van der Waals surface area (Å²) < 4.78 is 6.75. The molecule has 0 aliphatic heterocycles. The quantitative estimate of drug-likeness (QED) is 0.850. The Balaban J connectivity index is 2.29. The fourth-order valence-corrected chi connectivity index (χ4v) is 1.85. The third kappa shape index (κ3) is 3.44. The summed E-state index contributed by atoms with van der Waals surface area (Å²) in [7, 11) is 1.57. The number of aromatic nitrogens is 4. The number of hydrogen-bond donors (Lipinski definition) is 1. The van der Waals surface area contributed by atoms with Gasteiger partial charge in [-0.1, -0.05) is 13.0 Å². The number of nitrogens with zero attached hydrogens (tertiary/aromatic N) is 4. The summed E-state index contributed by atoms with van der Waals surface area (Å²) in [5, 5.41) is 13.9. The third-order valence-electron chi connectivity index (χ3n) is 2.90. The van der Waals surface area contributed by atoms with Crippen molar-refractivity contribution >= 4 is 11.6 Å². The van der Waals surface area contributed by atoms with Crippen molar-refractivity contribution in [2.24, 2.45) is 0 Å². The van der Waals surface area contributed by atoms with E-state index in [4.69, 9.17) is 4.74 Å². The average Bonchev–Trinajstić information content (AvgIpc) is 3.01. The Kier molecular flexibility index (Phi) is 4.65. The number of hydrogen-bond acceptors (Lipinski definition) is 5. The molecule has 0 saturated heterocycles. The number of benzene rings is 1. The van der Waals surface area contributed by atoms with Crippen LogP contribution in [0.1, 0.15) is 20.3 Å². The molecule has 7 heteroatoms. The van der Waals surface area contributed by atoms with Gasteiger partial charge in [-0.05, 0) is 42.0 Å². The molecule has 1 N–H and O–H groups in total. The average molecular weight is 287 g/mol. The molecule has 1 aromatic carbocycles. The summed E-state index contributed by atoms with van der Waals surface area (Å²) in [4.78, 5) is 12.0. The maximum atomic E-state index is 12.0. The molecule has 0 spiro atoms. The minimum absolute atomic E-state index is 0.135. The fourth-order valence-electron chi connectivity index (χ4n) is 1.85. The molecule has 2 rings (SSSR count). The van der Waals surface area contributed by atoms with Gasteiger partial charge >= 0.3 is 0 Å². The highest BCUT2D eigenvalue weighted by molar-refractivity contribution is 6.03. The van der Waals surface area contributed by atoms with Crippen LogP contribution >= 0.6 is 0 Å². The van der Waals surface area contributed by atoms with E-state index in [1.165, 1.54) is 11.0 Å². The molecule has 1 amide bonds. The lowest BCUT2D eigenvalue weighted by Crippen LogP contribution is -2.13. The molecule has 1 heterocycles. The highest BCUT2D eigenvalue weighted by atomic mass is 16.5. The van der Waals surface area contributed by atoms with Gasteiger partial charge < -0.3 is 10.1 Å². The number of nitrogens with one attached hydrogen (secondary N) is 1. The van der Waals surface area contributed by atoms with Gasteiger partial charge in [-0.25, -0.2) is 0 Å². The van der Waals surface area contributed by atoms with Crippen molar-refractivity contribution in [1.29, 1.82) is 0 Å². The lowest BCUT2D eigenvalue weighted by Gasteiger charge is -2.11. The van der Waals surface area contributed by atoms with Crippen molar-refractivity contribution in [3.63, 3.8) is 0 Å². The van der Waals surface area contributed by atoms with E-state index in [0.29, 0.717) is 22.7 Å². The summed E-state index contributed by atoms with van der Waals surface area (Å²) in [5.41, 5.74) is 1.98. The van der Waals surface area contributed by atoms with Gasteiger partial charge in [0.1, 0.15) is 17.8 Å². The van der Waals surface area contributed by atoms with E-state index in [-0.39, 0.29) is 5.91 Å². The smallest absolute Gasteiger partial charge is 0.250 e. The van der Waals surface area contributed by atoms with Crippen LogP contribution in [0.3, 0.4) is 0 Å². The number of rotatable bonds is 5. The van der Waals surface area contributed by atoms with Crippen LogP contribution in [-0.4, -0.2) is 33.2 Å². The molecule has 1 aromatic heterocycles. The number of amides is 1. The molecule has 0 atom stereocenters. The lowest BCUT2D eigenvalue weighted by atomic mass is 10.2. The van der Waals surface area contributed by atoms with Crippen LogP contribution in [0.2, 0.25) is 0 Å². The molecular formula is C14H17N5O2. The minimum atomic E-state index is -0.135. The van der Waals surface area contributed by atoms with Crippen LogP contribution in [0.5, 0.6) is 5.75 Å². The Bertz CT molecular complexity index is 649. The second-order valence-corrected chi connectivity index (χ2v) is 4.39. The van der Waals surface area contributed by atoms with E-state index in [2.05, 4.69) is 20.8 Å². The highest BCUT2D eigenvalue weighted by Crippen LogP contribution is 2.25. The third-order valence-corrected chi connectivity index (χ3v) is 2.90. The van der Waals surface area contributed by atoms with Crippen molar-refractivity contribution in [2.45, 2.75) is 20.3 Å². The number of carbonyl (C=O) groups is 1. The first-order chi connectivity index (χ1) is 10.2. The summed E-state index contributed by atoms with van der Waals surface area (Å²) in [6.45, 7) is 3.77. The number of carbonyl (C=O) groups excluding carboxylic acids is 1. The lowest BCUT2D eigenvalue weighted by molar-refractivity contribution is -0.112. The van der Waals surface area contributed by atoms with Gasteiger partial charge in [0.25, 0.3) is 5.91 Å². The van der Waals surface area contributed by atoms with Gasteiger partial charge in [-0.2, -0.15) is 4.68 Å². The number of anilines is 1. The van der Waals surface area contributed by atoms with Crippen molar-refractivity contribution in [1.82, 2.24) is 20.2 Å². The Morgan fingerprint density at radius 1 is 1.48 bits per heavy atom. The molecule has 0 bridgehead atoms. The number of allylic oxidation sites excluding steroid dienone is 1. The fraction of sp³-hybridized carbons (Fsp3) is 0.286. The molecule has 110 valence electrons. The maximum absolute atomic E-state index is 12.0. The Morgan fingerprint density at radius 3 is 2.90 bits per heavy atom. The van der Waals surface area contributed by atoms with Crippen LogP contribution < -0.4 is 10.1 Å². The molecule has 0 aliphatic carbocycles. The molecule has 0 fully saturated rings. The zero-order valence-corrected chi connectivity index (χ0v) is 12.2. The first-order valence-corrected chi connectivity index (χ1v) is 6.55. The van der Waals surface area contributed by atoms with Gasteiger partial charge in [-0.15, -0.1) is 5.10 Å². The number of methoxy groups -OCH3 is 1. The molecule has 0 aliphatic rings. The van der Waals surface area contributed by atoms with Crippen molar-refractivity contribution in [2.75, 3.05) is 12.4 Å². The molecule has 21 heavy (non-hydrogen) atoms. The first kappa shape index (κ1) is 14.7. The van der Waals surface area contributed by atoms with Crippen LogP contribution in [0.4, 0.5) is 5.69 Å². The normalized spacial score (nSPS) is 11.3. The van der Waals surface area contributed by atoms with E-state index < -0.39 is 0 Å². The molecule has 7 nitrogen and oxygen atoms in total. The predicted octanol–water partition coefficient (Wildman–Crippen LogP) is 1.97. The first-order valence-electron chi connectivity index (χ1n) is 6.55. The van der Waals surface area contributed by atoms with E-state index >= 15 is 0 Å². The molecule has 0 saturated carbocycles. The monoisotopic (exact) mass is 287 g/mol. The van der Waals surface area contributed by atoms with Gasteiger partial charge in [0, 0.05) is 11.3 Å². The van der Waals surface area contributed by atoms with Crippen molar-refractivity contribution in [3.05, 3.63) is 36.2 Å². The van der Waals surface area contributed by atoms with E-state index in [1.54, 1.807) is 32.2 Å². The SMILES string of the molecule is CC/C=C(\C)C(=O)Nc1ccc(OC)c(-n2cnnn2)c1. The second kappa shape index (κ2) is 6.65. The van der Waals surface area contributed by atoms with Crippen LogP contribution in [-0.2, 0) is 4.79 Å². The zero-order valence-electron chi connectivity index (χ0n) is 12.2. The summed E-state index contributed by atoms with van der Waals surface area (Å²) in [6, 6.07) is 5.28. The topological polar surface area (TPSA) is 81.9 Å². The van der Waals surface area contributed by atoms with Crippen LogP contribution in [0.15, 0.2) is 36.2 Å². The van der Waals surface area contributed by atoms with Crippen molar-refractivity contribution < 1.29 is 9.53 Å². The van der Waals surface area contributed by atoms with Gasteiger partial charge in [0.05, 0.1) is 7.11 Å². The van der Waals surface area contributed by atoms with Gasteiger partial charge in [0.15, 0.2) is 0 Å². The van der Waals surface area contributed by atoms with Crippen LogP contribution in [0.25, 0.3) is 5.69 Å². The summed E-state index contributed by atoms with van der Waals surface area (Å²) in [6.07, 6.45) is 4.16. The Labute approximate surface area is 122 Å². The zero-order chi connectivity index (χ0) is 15.2. The standard InChI is InChI=1S/C14H17N5O2/c1-4-5-10(2)14(20)16-11-6-7-13(21-3)12(8-11)19-9-15-17-18-19/h5-9H,4H2,1-3H3,(H,16,20)/b10-5+. The minimum Gasteiger partial charge on any atom is -0.494 e. The van der Waals surface area contributed by atoms with Crippen molar-refractivity contribution in [3.8, 4) is 11.4 Å². The van der Waals surface area contributed by atoms with Gasteiger partial charge in [0.2, 0.25) is 0 Å². The van der Waals surface area contributed by atoms with E-state index in [0.717, 1.165) is 6.42 Å². The largest absolute Gasteiger partial charge is 0.494 e. The summed E-state index contributed by atoms with van der Waals surface area (Å²) >= 11 is 0. The molecule has 2 aromatic rings. The van der Waals surface area contributed by atoms with E-state index in [1.807, 2.05) is 13.0 Å². The number of tetrazole rings is 1. The van der Waals surface area contributed by atoms with Gasteiger partial charge in [-0.3, -0.25) is 4.79 Å². The molecular weight excluding hydrogens is 270 g/mol. The number of ether oxygens (including phenoxy) is 1. The second-order valence-electron chi connectivity index (χ2n) is 4.39. The van der Waals surface area contributed by atoms with Crippen LogP contribution in [0, 0.1) is 0 Å². The Morgan fingerprint density at radius 2 is 2.29 bits per heavy atom. The Hall–Kier alpha value is -2.70. The summed E-state index contributed by atoms with van der Waals surface area (Å²) in [5.74, 6) is 0.478. The predicted molar refractivity (Wildman–Crippen MR) is 78.4 cm³/mol. The molecule has 0 unspecified atom stereocenters. The molecule has 0 radical (unpaired) electrons.